The summed E-state index contributed by atoms with van der Waals surface area (Å²) < 4.78 is 9.09. The highest BCUT2D eigenvalue weighted by Crippen LogP contribution is 2.45. The molecule has 3 heteroatoms. The van der Waals surface area contributed by atoms with E-state index >= 15 is 0 Å². The molecule has 220 valence electrons. The van der Waals surface area contributed by atoms with Gasteiger partial charge in [-0.05, 0) is 72.4 Å². The van der Waals surface area contributed by atoms with Crippen molar-refractivity contribution in [2.45, 2.75) is 76.2 Å². The van der Waals surface area contributed by atoms with Gasteiger partial charge >= 0.3 is 0 Å². The molecule has 1 aliphatic carbocycles. The van der Waals surface area contributed by atoms with Crippen LogP contribution in [0, 0.1) is 5.92 Å². The van der Waals surface area contributed by atoms with Crippen molar-refractivity contribution >= 4 is 33.3 Å². The molecule has 2 unspecified atom stereocenters. The second-order valence-electron chi connectivity index (χ2n) is 13.7. The molecule has 1 saturated carbocycles. The zero-order chi connectivity index (χ0) is 30.0. The van der Waals surface area contributed by atoms with E-state index in [9.17, 15) is 0 Å². The molecule has 3 aromatic carbocycles. The van der Waals surface area contributed by atoms with Crippen LogP contribution in [0.4, 0.5) is 0 Å². The first-order valence-corrected chi connectivity index (χ1v) is 16.4. The predicted molar refractivity (Wildman–Crippen MR) is 182 cm³/mol. The molecule has 1 fully saturated rings. The maximum Gasteiger partial charge on any atom is 0.222 e. The molecular formula is C41H41N2O+. The van der Waals surface area contributed by atoms with Crippen molar-refractivity contribution < 1.29 is 8.98 Å². The Bertz CT molecular complexity index is 1980. The maximum atomic E-state index is 6.75. The van der Waals surface area contributed by atoms with E-state index in [1.165, 1.54) is 70.0 Å². The summed E-state index contributed by atoms with van der Waals surface area (Å²) in [5.41, 5.74) is 11.8. The molecule has 0 saturated heterocycles. The lowest BCUT2D eigenvalue weighted by atomic mass is 9.72. The highest BCUT2D eigenvalue weighted by molar-refractivity contribution is 6.11. The van der Waals surface area contributed by atoms with E-state index in [1.807, 2.05) is 6.08 Å². The number of allylic oxidation sites excluding steroid dienone is 1. The van der Waals surface area contributed by atoms with E-state index in [-0.39, 0.29) is 11.5 Å². The third-order valence-electron chi connectivity index (χ3n) is 11.1. The highest BCUT2D eigenvalue weighted by Gasteiger charge is 2.38. The van der Waals surface area contributed by atoms with Gasteiger partial charge in [-0.25, -0.2) is 0 Å². The predicted octanol–water partition coefficient (Wildman–Crippen LogP) is 9.96. The Balaban J connectivity index is 1.37. The van der Waals surface area contributed by atoms with E-state index in [0.717, 1.165) is 41.8 Å². The van der Waals surface area contributed by atoms with Gasteiger partial charge in [-0.2, -0.15) is 4.57 Å². The summed E-state index contributed by atoms with van der Waals surface area (Å²) in [6, 6.07) is 26.8. The van der Waals surface area contributed by atoms with Gasteiger partial charge in [-0.1, -0.05) is 87.9 Å². The molecule has 5 aromatic rings. The molecule has 0 amide bonds. The van der Waals surface area contributed by atoms with Crippen molar-refractivity contribution in [2.75, 3.05) is 0 Å². The first-order chi connectivity index (χ1) is 21.4. The minimum atomic E-state index is 0.0893. The molecule has 2 atom stereocenters. The number of aromatic nitrogens is 1. The first-order valence-electron chi connectivity index (χ1n) is 16.4. The van der Waals surface area contributed by atoms with E-state index in [4.69, 9.17) is 16.0 Å². The summed E-state index contributed by atoms with van der Waals surface area (Å²) in [7, 11) is 0. The Kier molecular flexibility index (Phi) is 6.48. The van der Waals surface area contributed by atoms with Crippen molar-refractivity contribution in [1.29, 1.82) is 0 Å². The van der Waals surface area contributed by atoms with Crippen LogP contribution in [0.2, 0.25) is 0 Å². The normalized spacial score (nSPS) is 20.5. The number of furan rings is 1. The summed E-state index contributed by atoms with van der Waals surface area (Å²) in [6.07, 6.45) is 12.2. The number of fused-ring (bicyclic) bond motifs is 10. The minimum Gasteiger partial charge on any atom is -0.455 e. The molecule has 0 radical (unpaired) electrons. The van der Waals surface area contributed by atoms with E-state index < -0.39 is 0 Å². The largest absolute Gasteiger partial charge is 0.455 e. The van der Waals surface area contributed by atoms with Crippen molar-refractivity contribution in [3.05, 3.63) is 120 Å². The average Bonchev–Trinajstić information content (AvgIpc) is 3.72. The highest BCUT2D eigenvalue weighted by atomic mass is 16.3. The number of benzene rings is 3. The van der Waals surface area contributed by atoms with Gasteiger partial charge in [0.05, 0.1) is 23.7 Å². The lowest BCUT2D eigenvalue weighted by Gasteiger charge is -2.33. The quantitative estimate of drug-likeness (QED) is 0.196. The van der Waals surface area contributed by atoms with E-state index in [0.29, 0.717) is 11.8 Å². The molecule has 8 rings (SSSR count). The minimum absolute atomic E-state index is 0.0893. The molecule has 0 spiro atoms. The van der Waals surface area contributed by atoms with Gasteiger partial charge in [-0.3, -0.25) is 4.99 Å². The molecule has 44 heavy (non-hydrogen) atoms. The van der Waals surface area contributed by atoms with Crippen molar-refractivity contribution in [1.82, 2.24) is 0 Å². The molecule has 4 heterocycles. The van der Waals surface area contributed by atoms with Crippen LogP contribution >= 0.6 is 0 Å². The molecule has 3 aliphatic rings. The lowest BCUT2D eigenvalue weighted by Crippen LogP contribution is -2.39. The first kappa shape index (κ1) is 27.3. The Morgan fingerprint density at radius 1 is 0.932 bits per heavy atom. The van der Waals surface area contributed by atoms with Crippen LogP contribution in [0.1, 0.15) is 80.5 Å². The van der Waals surface area contributed by atoms with Crippen molar-refractivity contribution in [2.24, 2.45) is 10.9 Å². The summed E-state index contributed by atoms with van der Waals surface area (Å²) in [6.45, 7) is 13.7. The van der Waals surface area contributed by atoms with Gasteiger partial charge < -0.3 is 4.42 Å². The van der Waals surface area contributed by atoms with Gasteiger partial charge in [-0.15, -0.1) is 0 Å². The van der Waals surface area contributed by atoms with Crippen molar-refractivity contribution in [3.8, 4) is 11.3 Å². The van der Waals surface area contributed by atoms with Gasteiger partial charge in [0.2, 0.25) is 5.69 Å². The van der Waals surface area contributed by atoms with Crippen LogP contribution in [0.3, 0.4) is 0 Å². The van der Waals surface area contributed by atoms with E-state index in [1.54, 1.807) is 0 Å². The second-order valence-corrected chi connectivity index (χ2v) is 13.7. The Hall–Kier alpha value is -4.24. The van der Waals surface area contributed by atoms with Crippen LogP contribution in [0.15, 0.2) is 108 Å². The van der Waals surface area contributed by atoms with Crippen LogP contribution in [-0.2, 0) is 11.8 Å². The maximum absolute atomic E-state index is 6.75. The fourth-order valence-electron chi connectivity index (χ4n) is 8.52. The van der Waals surface area contributed by atoms with Crippen LogP contribution in [0.25, 0.3) is 38.9 Å². The van der Waals surface area contributed by atoms with E-state index in [2.05, 4.69) is 104 Å². The molecule has 2 aliphatic heterocycles. The average molecular weight is 578 g/mol. The Labute approximate surface area is 260 Å². The third-order valence-corrected chi connectivity index (χ3v) is 11.1. The molecular weight excluding hydrogens is 536 g/mol. The smallest absolute Gasteiger partial charge is 0.222 e. The van der Waals surface area contributed by atoms with Crippen LogP contribution in [-0.4, -0.2) is 11.8 Å². The fraction of sp³-hybridized carbons (Fsp3) is 0.317. The fourth-order valence-corrected chi connectivity index (χ4v) is 8.52. The Morgan fingerprint density at radius 3 is 2.57 bits per heavy atom. The van der Waals surface area contributed by atoms with Gasteiger partial charge in [0.25, 0.3) is 0 Å². The molecule has 0 bridgehead atoms. The number of nitrogens with zero attached hydrogens (tertiary/aromatic N) is 2. The third kappa shape index (κ3) is 4.24. The standard InChI is InChI=1S/C41H41N2O/c1-5-35-31-15-9-8-14-30(31)32-20-18-27-19-21-34-33-16-10-11-17-38(33)44-40(34)39(27)37-25-29(41(3,4)28-12-6-7-13-28)22-23-43(37)26(2)24-36(32)42-35/h5,8-11,14-17,19,21-23,25,28,32,36H,1-2,6-7,12-13,18,20,24H2,3-4H3/q+1. The number of pyridine rings is 1. The van der Waals surface area contributed by atoms with Gasteiger partial charge in [0.1, 0.15) is 11.2 Å². The second kappa shape index (κ2) is 10.4. The van der Waals surface area contributed by atoms with Crippen molar-refractivity contribution in [3.63, 3.8) is 0 Å². The number of aryl methyl sites for hydroxylation is 1. The van der Waals surface area contributed by atoms with Crippen LogP contribution < -0.4 is 4.57 Å². The zero-order valence-corrected chi connectivity index (χ0v) is 26.0. The summed E-state index contributed by atoms with van der Waals surface area (Å²) >= 11 is 0. The number of para-hydroxylation sites is 1. The molecule has 0 N–H and O–H groups in total. The summed E-state index contributed by atoms with van der Waals surface area (Å²) in [5.74, 6) is 0.998. The number of aliphatic imine (C=N–C) groups is 1. The topological polar surface area (TPSA) is 29.4 Å². The SMILES string of the molecule is C=CC1=NC2CC(=C)[n+]3ccc(C(C)(C)C4CCCC4)cc3-c3c(ccc4c3oc3ccccc34)CCC2c2ccccc21. The molecule has 3 nitrogen and oxygen atoms in total. The monoisotopic (exact) mass is 577 g/mol. The lowest BCUT2D eigenvalue weighted by molar-refractivity contribution is -0.571. The number of hydrogen-bond acceptors (Lipinski definition) is 2. The summed E-state index contributed by atoms with van der Waals surface area (Å²) in [5, 5.41) is 2.35. The number of hydrogen-bond donors (Lipinski definition) is 0. The van der Waals surface area contributed by atoms with Crippen LogP contribution in [0.5, 0.6) is 0 Å². The van der Waals surface area contributed by atoms with Gasteiger partial charge in [0, 0.05) is 34.4 Å². The zero-order valence-electron chi connectivity index (χ0n) is 26.0. The molecule has 2 aromatic heterocycles. The summed E-state index contributed by atoms with van der Waals surface area (Å²) in [4.78, 5) is 5.31. The number of rotatable bonds is 3. The van der Waals surface area contributed by atoms with Gasteiger partial charge in [0.15, 0.2) is 11.9 Å². The Morgan fingerprint density at radius 2 is 1.73 bits per heavy atom.